The van der Waals surface area contributed by atoms with Crippen LogP contribution in [0, 0.1) is 0 Å². The van der Waals surface area contributed by atoms with Crippen LogP contribution in [0.4, 0.5) is 0 Å². The molecule has 2 unspecified atom stereocenters. The fourth-order valence-electron chi connectivity index (χ4n) is 3.73. The molecule has 3 rings (SSSR count). The van der Waals surface area contributed by atoms with Crippen LogP contribution in [-0.2, 0) is 6.42 Å². The number of ether oxygens (including phenoxy) is 1. The predicted octanol–water partition coefficient (Wildman–Crippen LogP) is 2.45. The zero-order chi connectivity index (χ0) is 13.8. The van der Waals surface area contributed by atoms with Crippen molar-refractivity contribution in [3.8, 4) is 5.75 Å². The van der Waals surface area contributed by atoms with Crippen LogP contribution in [0.15, 0.2) is 24.3 Å². The summed E-state index contributed by atoms with van der Waals surface area (Å²) in [6.07, 6.45) is 6.51. The van der Waals surface area contributed by atoms with Crippen molar-refractivity contribution < 1.29 is 4.74 Å². The molecule has 2 saturated heterocycles. The quantitative estimate of drug-likeness (QED) is 0.892. The Morgan fingerprint density at radius 1 is 1.25 bits per heavy atom. The molecule has 110 valence electrons. The topological polar surface area (TPSA) is 24.5 Å². The zero-order valence-electron chi connectivity index (χ0n) is 12.5. The first-order valence-electron chi connectivity index (χ1n) is 7.96. The maximum absolute atomic E-state index is 5.41. The minimum Gasteiger partial charge on any atom is -0.496 e. The van der Waals surface area contributed by atoms with Crippen LogP contribution in [0.2, 0.25) is 0 Å². The van der Waals surface area contributed by atoms with Crippen LogP contribution in [0.3, 0.4) is 0 Å². The number of fused-ring (bicyclic) bond motifs is 1. The summed E-state index contributed by atoms with van der Waals surface area (Å²) in [6.45, 7) is 3.67. The van der Waals surface area contributed by atoms with Crippen LogP contribution in [0.25, 0.3) is 0 Å². The van der Waals surface area contributed by atoms with Crippen LogP contribution in [0.1, 0.15) is 31.2 Å². The normalized spacial score (nSPS) is 26.4. The Bertz CT molecular complexity index is 435. The summed E-state index contributed by atoms with van der Waals surface area (Å²) in [4.78, 5) is 2.68. The first kappa shape index (κ1) is 13.9. The monoisotopic (exact) mass is 274 g/mol. The molecule has 3 nitrogen and oxygen atoms in total. The number of rotatable bonds is 5. The Kier molecular flexibility index (Phi) is 4.58. The summed E-state index contributed by atoms with van der Waals surface area (Å²) in [6, 6.07) is 9.91. The van der Waals surface area contributed by atoms with E-state index in [0.29, 0.717) is 6.04 Å². The third kappa shape index (κ3) is 3.15. The summed E-state index contributed by atoms with van der Waals surface area (Å²) in [7, 11) is 1.75. The molecule has 1 N–H and O–H groups in total. The molecule has 0 amide bonds. The molecule has 2 fully saturated rings. The van der Waals surface area contributed by atoms with Gasteiger partial charge in [-0.3, -0.25) is 0 Å². The molecule has 3 heteroatoms. The molecule has 2 atom stereocenters. The number of hydrogen-bond donors (Lipinski definition) is 1. The van der Waals surface area contributed by atoms with Gasteiger partial charge in [0, 0.05) is 12.1 Å². The molecule has 1 aromatic rings. The molecular formula is C17H26N2O. The number of nitrogens with zero attached hydrogens (tertiary/aromatic N) is 1. The maximum atomic E-state index is 5.41. The van der Waals surface area contributed by atoms with Crippen LogP contribution in [0.5, 0.6) is 5.75 Å². The van der Waals surface area contributed by atoms with Crippen molar-refractivity contribution in [1.82, 2.24) is 10.2 Å². The Morgan fingerprint density at radius 2 is 2.15 bits per heavy atom. The summed E-state index contributed by atoms with van der Waals surface area (Å²) in [5, 5.41) is 3.75. The van der Waals surface area contributed by atoms with E-state index in [1.807, 2.05) is 12.1 Å². The Labute approximate surface area is 122 Å². The molecule has 0 spiro atoms. The standard InChI is InChI=1S/C17H26N2O/c1-20-17-7-3-2-5-14(17)8-10-18-15-9-12-19-11-4-6-16(19)13-15/h2-3,5,7,15-16,18H,4,6,8-13H2,1H3. The first-order valence-corrected chi connectivity index (χ1v) is 7.96. The van der Waals surface area contributed by atoms with E-state index >= 15 is 0 Å². The lowest BCUT2D eigenvalue weighted by Crippen LogP contribution is -2.46. The molecule has 2 aliphatic heterocycles. The zero-order valence-corrected chi connectivity index (χ0v) is 12.5. The van der Waals surface area contributed by atoms with E-state index in [-0.39, 0.29) is 0 Å². The second-order valence-corrected chi connectivity index (χ2v) is 6.07. The molecule has 20 heavy (non-hydrogen) atoms. The highest BCUT2D eigenvalue weighted by Gasteiger charge is 2.31. The van der Waals surface area contributed by atoms with Gasteiger partial charge in [0.2, 0.25) is 0 Å². The first-order chi connectivity index (χ1) is 9.86. The Morgan fingerprint density at radius 3 is 3.05 bits per heavy atom. The van der Waals surface area contributed by atoms with Gasteiger partial charge in [0.1, 0.15) is 5.75 Å². The number of benzene rings is 1. The smallest absolute Gasteiger partial charge is 0.122 e. The van der Waals surface area contributed by atoms with E-state index < -0.39 is 0 Å². The average Bonchev–Trinajstić information content (AvgIpc) is 2.95. The fraction of sp³-hybridized carbons (Fsp3) is 0.647. The molecule has 1 aromatic carbocycles. The third-order valence-corrected chi connectivity index (χ3v) is 4.84. The number of hydrogen-bond acceptors (Lipinski definition) is 3. The predicted molar refractivity (Wildman–Crippen MR) is 82.3 cm³/mol. The van der Waals surface area contributed by atoms with Crippen molar-refractivity contribution >= 4 is 0 Å². The molecule has 2 aliphatic rings. The lowest BCUT2D eigenvalue weighted by molar-refractivity contribution is 0.167. The van der Waals surface area contributed by atoms with Crippen molar-refractivity contribution in [2.75, 3.05) is 26.7 Å². The van der Waals surface area contributed by atoms with Gasteiger partial charge in [0.25, 0.3) is 0 Å². The van der Waals surface area contributed by atoms with E-state index in [1.165, 1.54) is 44.3 Å². The molecular weight excluding hydrogens is 248 g/mol. The van der Waals surface area contributed by atoms with Crippen molar-refractivity contribution in [1.29, 1.82) is 0 Å². The van der Waals surface area contributed by atoms with Crippen molar-refractivity contribution in [2.24, 2.45) is 0 Å². The number of para-hydroxylation sites is 1. The minimum absolute atomic E-state index is 0.712. The molecule has 0 bridgehead atoms. The lowest BCUT2D eigenvalue weighted by atomic mass is 9.97. The van der Waals surface area contributed by atoms with Gasteiger partial charge in [-0.15, -0.1) is 0 Å². The SMILES string of the molecule is COc1ccccc1CCNC1CCN2CCCC2C1. The van der Waals surface area contributed by atoms with Gasteiger partial charge in [0.15, 0.2) is 0 Å². The minimum atomic E-state index is 0.712. The van der Waals surface area contributed by atoms with E-state index in [1.54, 1.807) is 7.11 Å². The largest absolute Gasteiger partial charge is 0.496 e. The summed E-state index contributed by atoms with van der Waals surface area (Å²) in [5.74, 6) is 1.01. The van der Waals surface area contributed by atoms with Gasteiger partial charge < -0.3 is 15.0 Å². The molecule has 0 radical (unpaired) electrons. The van der Waals surface area contributed by atoms with Gasteiger partial charge in [-0.05, 0) is 63.4 Å². The molecule has 2 heterocycles. The van der Waals surface area contributed by atoms with Gasteiger partial charge in [-0.2, -0.15) is 0 Å². The highest BCUT2D eigenvalue weighted by molar-refractivity contribution is 5.33. The Hall–Kier alpha value is -1.06. The van der Waals surface area contributed by atoms with Gasteiger partial charge >= 0.3 is 0 Å². The summed E-state index contributed by atoms with van der Waals surface area (Å²) < 4.78 is 5.41. The second-order valence-electron chi connectivity index (χ2n) is 6.07. The second kappa shape index (κ2) is 6.59. The van der Waals surface area contributed by atoms with Crippen molar-refractivity contribution in [3.63, 3.8) is 0 Å². The maximum Gasteiger partial charge on any atom is 0.122 e. The highest BCUT2D eigenvalue weighted by Crippen LogP contribution is 2.26. The average molecular weight is 274 g/mol. The number of nitrogens with one attached hydrogen (secondary N) is 1. The van der Waals surface area contributed by atoms with E-state index in [0.717, 1.165) is 24.8 Å². The van der Waals surface area contributed by atoms with Crippen molar-refractivity contribution in [3.05, 3.63) is 29.8 Å². The summed E-state index contributed by atoms with van der Waals surface area (Å²) >= 11 is 0. The van der Waals surface area contributed by atoms with Gasteiger partial charge in [-0.1, -0.05) is 18.2 Å². The van der Waals surface area contributed by atoms with Crippen molar-refractivity contribution in [2.45, 2.75) is 44.2 Å². The van der Waals surface area contributed by atoms with Gasteiger partial charge in [-0.25, -0.2) is 0 Å². The van der Waals surface area contributed by atoms with E-state index in [2.05, 4.69) is 22.3 Å². The molecule has 0 saturated carbocycles. The van der Waals surface area contributed by atoms with Crippen LogP contribution >= 0.6 is 0 Å². The van der Waals surface area contributed by atoms with E-state index in [4.69, 9.17) is 4.74 Å². The van der Waals surface area contributed by atoms with E-state index in [9.17, 15) is 0 Å². The Balaban J connectivity index is 1.45. The highest BCUT2D eigenvalue weighted by atomic mass is 16.5. The summed E-state index contributed by atoms with van der Waals surface area (Å²) in [5.41, 5.74) is 1.31. The van der Waals surface area contributed by atoms with Crippen LogP contribution < -0.4 is 10.1 Å². The fourth-order valence-corrected chi connectivity index (χ4v) is 3.73. The third-order valence-electron chi connectivity index (χ3n) is 4.84. The van der Waals surface area contributed by atoms with Gasteiger partial charge in [0.05, 0.1) is 7.11 Å². The number of piperidine rings is 1. The number of methoxy groups -OCH3 is 1. The van der Waals surface area contributed by atoms with Crippen LogP contribution in [-0.4, -0.2) is 43.7 Å². The molecule has 0 aromatic heterocycles. The lowest BCUT2D eigenvalue weighted by Gasteiger charge is -2.35. The molecule has 0 aliphatic carbocycles.